The van der Waals surface area contributed by atoms with E-state index in [2.05, 4.69) is 5.16 Å². The van der Waals surface area contributed by atoms with E-state index >= 15 is 0 Å². The normalized spacial score (nSPS) is 22.0. The second kappa shape index (κ2) is 6.35. The standard InChI is InChI=1S/C14H19N3O5/c1-20-12-9-11(22-15-12)14(19)17-6-4-16(5-7-17)13(18)10-3-2-8-21-10/h9-10H,2-8H2,1H3. The minimum absolute atomic E-state index is 0.0333. The lowest BCUT2D eigenvalue weighted by Crippen LogP contribution is -2.52. The Morgan fingerprint density at radius 1 is 1.27 bits per heavy atom. The number of aromatic nitrogens is 1. The zero-order chi connectivity index (χ0) is 15.5. The van der Waals surface area contributed by atoms with Gasteiger partial charge in [-0.25, -0.2) is 0 Å². The Balaban J connectivity index is 1.54. The summed E-state index contributed by atoms with van der Waals surface area (Å²) in [5, 5.41) is 3.62. The summed E-state index contributed by atoms with van der Waals surface area (Å²) in [5.41, 5.74) is 0. The molecule has 1 unspecified atom stereocenters. The van der Waals surface area contributed by atoms with Gasteiger partial charge < -0.3 is 23.8 Å². The third kappa shape index (κ3) is 2.92. The summed E-state index contributed by atoms with van der Waals surface area (Å²) < 4.78 is 15.3. The lowest BCUT2D eigenvalue weighted by atomic mass is 10.2. The van der Waals surface area contributed by atoms with E-state index in [1.54, 1.807) is 9.80 Å². The lowest BCUT2D eigenvalue weighted by Gasteiger charge is -2.35. The van der Waals surface area contributed by atoms with Gasteiger partial charge in [-0.3, -0.25) is 9.59 Å². The average Bonchev–Trinajstić information content (AvgIpc) is 3.25. The minimum Gasteiger partial charge on any atom is -0.479 e. The molecule has 2 aliphatic rings. The van der Waals surface area contributed by atoms with Crippen molar-refractivity contribution in [3.8, 4) is 5.88 Å². The summed E-state index contributed by atoms with van der Waals surface area (Å²) in [6.45, 7) is 2.62. The predicted octanol–water partition coefficient (Wildman–Crippen LogP) is 0.147. The third-order valence-electron chi connectivity index (χ3n) is 3.99. The van der Waals surface area contributed by atoms with Gasteiger partial charge in [-0.2, -0.15) is 0 Å². The average molecular weight is 309 g/mol. The zero-order valence-corrected chi connectivity index (χ0v) is 12.5. The Bertz CT molecular complexity index is 544. The number of hydrogen-bond donors (Lipinski definition) is 0. The van der Waals surface area contributed by atoms with Crippen molar-refractivity contribution in [1.82, 2.24) is 15.0 Å². The molecule has 1 aromatic heterocycles. The van der Waals surface area contributed by atoms with Crippen LogP contribution in [0.3, 0.4) is 0 Å². The van der Waals surface area contributed by atoms with Crippen molar-refractivity contribution in [3.63, 3.8) is 0 Å². The first-order chi connectivity index (χ1) is 10.7. The van der Waals surface area contributed by atoms with Crippen molar-refractivity contribution in [2.75, 3.05) is 39.9 Å². The minimum atomic E-state index is -0.305. The Morgan fingerprint density at radius 2 is 2.00 bits per heavy atom. The van der Waals surface area contributed by atoms with Gasteiger partial charge in [0, 0.05) is 32.8 Å². The maximum atomic E-state index is 12.3. The zero-order valence-electron chi connectivity index (χ0n) is 12.5. The molecule has 2 aliphatic heterocycles. The Hall–Kier alpha value is -2.09. The van der Waals surface area contributed by atoms with E-state index < -0.39 is 0 Å². The van der Waals surface area contributed by atoms with Crippen molar-refractivity contribution in [2.45, 2.75) is 18.9 Å². The highest BCUT2D eigenvalue weighted by atomic mass is 16.5. The Labute approximate surface area is 127 Å². The molecule has 0 spiro atoms. The van der Waals surface area contributed by atoms with Crippen LogP contribution in [-0.2, 0) is 9.53 Å². The lowest BCUT2D eigenvalue weighted by molar-refractivity contribution is -0.142. The van der Waals surface area contributed by atoms with Gasteiger partial charge in [-0.1, -0.05) is 0 Å². The van der Waals surface area contributed by atoms with Crippen LogP contribution in [0.4, 0.5) is 0 Å². The molecule has 1 aromatic rings. The highest BCUT2D eigenvalue weighted by Gasteiger charge is 2.32. The predicted molar refractivity (Wildman–Crippen MR) is 74.5 cm³/mol. The van der Waals surface area contributed by atoms with Crippen LogP contribution in [0.1, 0.15) is 23.4 Å². The molecule has 2 amide bonds. The van der Waals surface area contributed by atoms with Gasteiger partial charge in [0.2, 0.25) is 5.76 Å². The van der Waals surface area contributed by atoms with Gasteiger partial charge in [-0.15, -0.1) is 0 Å². The quantitative estimate of drug-likeness (QED) is 0.790. The second-order valence-electron chi connectivity index (χ2n) is 5.35. The topological polar surface area (TPSA) is 85.1 Å². The summed E-state index contributed by atoms with van der Waals surface area (Å²) in [7, 11) is 1.46. The molecule has 8 heteroatoms. The molecule has 0 radical (unpaired) electrons. The fourth-order valence-corrected chi connectivity index (χ4v) is 2.72. The van der Waals surface area contributed by atoms with Gasteiger partial charge in [-0.05, 0) is 18.0 Å². The Morgan fingerprint density at radius 3 is 2.59 bits per heavy atom. The van der Waals surface area contributed by atoms with Crippen LogP contribution < -0.4 is 4.74 Å². The second-order valence-corrected chi connectivity index (χ2v) is 5.35. The molecule has 1 atom stereocenters. The van der Waals surface area contributed by atoms with E-state index in [0.717, 1.165) is 12.8 Å². The fourth-order valence-electron chi connectivity index (χ4n) is 2.72. The summed E-state index contributed by atoms with van der Waals surface area (Å²) in [6, 6.07) is 1.46. The van der Waals surface area contributed by atoms with Crippen LogP contribution in [0.15, 0.2) is 10.6 Å². The SMILES string of the molecule is COc1cc(C(=O)N2CCN(C(=O)C3CCCO3)CC2)on1. The van der Waals surface area contributed by atoms with Crippen LogP contribution >= 0.6 is 0 Å². The van der Waals surface area contributed by atoms with E-state index in [1.807, 2.05) is 0 Å². The molecule has 0 aromatic carbocycles. The van der Waals surface area contributed by atoms with Crippen LogP contribution in [0.25, 0.3) is 0 Å². The van der Waals surface area contributed by atoms with Gasteiger partial charge in [0.1, 0.15) is 6.10 Å². The molecule has 22 heavy (non-hydrogen) atoms. The van der Waals surface area contributed by atoms with Crippen LogP contribution in [-0.4, -0.2) is 72.8 Å². The number of carbonyl (C=O) groups is 2. The number of ether oxygens (including phenoxy) is 2. The largest absolute Gasteiger partial charge is 0.479 e. The van der Waals surface area contributed by atoms with Crippen LogP contribution in [0.2, 0.25) is 0 Å². The molecule has 120 valence electrons. The monoisotopic (exact) mass is 309 g/mol. The van der Waals surface area contributed by atoms with E-state index in [1.165, 1.54) is 13.2 Å². The molecule has 0 saturated carbocycles. The number of carbonyl (C=O) groups excluding carboxylic acids is 2. The number of rotatable bonds is 3. The molecule has 3 heterocycles. The van der Waals surface area contributed by atoms with Crippen molar-refractivity contribution in [3.05, 3.63) is 11.8 Å². The molecule has 0 aliphatic carbocycles. The highest BCUT2D eigenvalue weighted by Crippen LogP contribution is 2.17. The number of nitrogens with zero attached hydrogens (tertiary/aromatic N) is 3. The summed E-state index contributed by atoms with van der Waals surface area (Å²) in [4.78, 5) is 27.9. The summed E-state index contributed by atoms with van der Waals surface area (Å²) >= 11 is 0. The molecule has 0 bridgehead atoms. The first kappa shape index (κ1) is 14.8. The Kier molecular flexibility index (Phi) is 4.28. The molecule has 2 fully saturated rings. The maximum absolute atomic E-state index is 12.3. The van der Waals surface area contributed by atoms with E-state index in [9.17, 15) is 9.59 Å². The van der Waals surface area contributed by atoms with Gasteiger partial charge in [0.25, 0.3) is 17.7 Å². The third-order valence-corrected chi connectivity index (χ3v) is 3.99. The molecule has 0 N–H and O–H groups in total. The van der Waals surface area contributed by atoms with Crippen LogP contribution in [0, 0.1) is 0 Å². The van der Waals surface area contributed by atoms with Crippen LogP contribution in [0.5, 0.6) is 5.88 Å². The highest BCUT2D eigenvalue weighted by molar-refractivity contribution is 5.92. The first-order valence-corrected chi connectivity index (χ1v) is 7.39. The summed E-state index contributed by atoms with van der Waals surface area (Å²) in [6.07, 6.45) is 1.42. The van der Waals surface area contributed by atoms with E-state index in [0.29, 0.717) is 32.8 Å². The van der Waals surface area contributed by atoms with Gasteiger partial charge in [0.15, 0.2) is 0 Å². The molecule has 8 nitrogen and oxygen atoms in total. The van der Waals surface area contributed by atoms with E-state index in [4.69, 9.17) is 14.0 Å². The van der Waals surface area contributed by atoms with Crippen molar-refractivity contribution < 1.29 is 23.6 Å². The number of methoxy groups -OCH3 is 1. The fraction of sp³-hybridized carbons (Fsp3) is 0.643. The van der Waals surface area contributed by atoms with Crippen molar-refractivity contribution in [2.24, 2.45) is 0 Å². The summed E-state index contributed by atoms with van der Waals surface area (Å²) in [5.74, 6) is 0.220. The smallest absolute Gasteiger partial charge is 0.292 e. The molecular weight excluding hydrogens is 290 g/mol. The van der Waals surface area contributed by atoms with Gasteiger partial charge in [0.05, 0.1) is 13.2 Å². The molecule has 2 saturated heterocycles. The van der Waals surface area contributed by atoms with Crippen molar-refractivity contribution in [1.29, 1.82) is 0 Å². The number of amides is 2. The molecule has 3 rings (SSSR count). The van der Waals surface area contributed by atoms with Crippen molar-refractivity contribution >= 4 is 11.8 Å². The number of hydrogen-bond acceptors (Lipinski definition) is 6. The van der Waals surface area contributed by atoms with Gasteiger partial charge >= 0.3 is 0 Å². The number of piperazine rings is 1. The first-order valence-electron chi connectivity index (χ1n) is 7.39. The maximum Gasteiger partial charge on any atom is 0.292 e. The van der Waals surface area contributed by atoms with E-state index in [-0.39, 0.29) is 29.6 Å². The molecular formula is C14H19N3O5.